The zero-order valence-corrected chi connectivity index (χ0v) is 41.4. The molecular weight excluding hydrogens is 842 g/mol. The third-order valence-corrected chi connectivity index (χ3v) is 11.4. The number of esters is 1. The molecule has 1 amide bonds. The Balaban J connectivity index is 3.90. The van der Waals surface area contributed by atoms with Gasteiger partial charge in [-0.05, 0) is 89.9 Å². The summed E-state index contributed by atoms with van der Waals surface area (Å²) in [6.07, 6.45) is 58.8. The molecule has 11 nitrogen and oxygen atoms in total. The van der Waals surface area contributed by atoms with Crippen LogP contribution in [0, 0.1) is 0 Å². The molecule has 0 bridgehead atoms. The van der Waals surface area contributed by atoms with Gasteiger partial charge in [0.25, 0.3) is 0 Å². The van der Waals surface area contributed by atoms with E-state index in [0.717, 1.165) is 109 Å². The van der Waals surface area contributed by atoms with Crippen molar-refractivity contribution in [3.63, 3.8) is 0 Å². The maximum absolute atomic E-state index is 12.4. The van der Waals surface area contributed by atoms with Crippen LogP contribution in [0.4, 0.5) is 0 Å². The highest BCUT2D eigenvalue weighted by Crippen LogP contribution is 2.43. The summed E-state index contributed by atoms with van der Waals surface area (Å²) in [6.45, 7) is 2.46. The van der Waals surface area contributed by atoms with Crippen molar-refractivity contribution in [3.05, 3.63) is 85.1 Å². The first-order chi connectivity index (χ1) is 31.6. The van der Waals surface area contributed by atoms with Gasteiger partial charge in [-0.1, -0.05) is 182 Å². The van der Waals surface area contributed by atoms with Crippen LogP contribution in [0.15, 0.2) is 85.1 Å². The van der Waals surface area contributed by atoms with E-state index in [1.807, 2.05) is 0 Å². The second-order valence-electron chi connectivity index (χ2n) is 16.6. The van der Waals surface area contributed by atoms with Crippen LogP contribution >= 0.6 is 7.82 Å². The van der Waals surface area contributed by atoms with Crippen molar-refractivity contribution < 1.29 is 47.8 Å². The van der Waals surface area contributed by atoms with Crippen LogP contribution in [0.25, 0.3) is 0 Å². The van der Waals surface area contributed by atoms with Gasteiger partial charge in [-0.15, -0.1) is 0 Å². The lowest BCUT2D eigenvalue weighted by molar-refractivity contribution is -0.147. The highest BCUT2D eigenvalue weighted by molar-refractivity contribution is 7.47. The van der Waals surface area contributed by atoms with Gasteiger partial charge in [0.05, 0.1) is 13.2 Å². The maximum atomic E-state index is 12.4. The van der Waals surface area contributed by atoms with Gasteiger partial charge in [-0.3, -0.25) is 18.6 Å². The molecule has 0 heterocycles. The third-order valence-electron chi connectivity index (χ3n) is 10.4. The highest BCUT2D eigenvalue weighted by atomic mass is 31.2. The van der Waals surface area contributed by atoms with E-state index in [9.17, 15) is 34.1 Å². The molecule has 3 atom stereocenters. The van der Waals surface area contributed by atoms with E-state index >= 15 is 0 Å². The zero-order chi connectivity index (χ0) is 47.7. The second kappa shape index (κ2) is 47.2. The number of phosphoric acid groups is 1. The molecule has 0 aromatic carbocycles. The Morgan fingerprint density at radius 3 is 1.34 bits per heavy atom. The largest absolute Gasteiger partial charge is 0.480 e. The summed E-state index contributed by atoms with van der Waals surface area (Å²) in [4.78, 5) is 46.1. The molecule has 3 unspecified atom stereocenters. The molecule has 0 fully saturated rings. The van der Waals surface area contributed by atoms with Gasteiger partial charge in [-0.2, -0.15) is 0 Å². The Kier molecular flexibility index (Phi) is 44.7. The van der Waals surface area contributed by atoms with E-state index in [2.05, 4.69) is 104 Å². The molecule has 0 aliphatic carbocycles. The topological polar surface area (TPSA) is 169 Å². The lowest BCUT2D eigenvalue weighted by atomic mass is 10.1. The number of carboxylic acids is 1. The molecule has 0 aliphatic rings. The van der Waals surface area contributed by atoms with Gasteiger partial charge in [0.15, 0.2) is 6.04 Å². The molecular formula is C53H90NO10P. The van der Waals surface area contributed by atoms with Crippen molar-refractivity contribution >= 4 is 25.7 Å². The minimum Gasteiger partial charge on any atom is -0.480 e. The summed E-state index contributed by atoms with van der Waals surface area (Å²) in [7, 11) is -4.77. The standard InChI is InChI=1S/C53H90NO10P/c1-3-5-7-9-11-13-15-17-19-21-23-24-25-26-27-28-30-32-34-36-38-40-42-44-51(56)54-50(53(58)59)48-64-65(60,61)63-47-49(55)46-62-52(57)45-43-41-39-37-35-33-31-29-22-20-18-16-14-12-10-8-6-4-2/h5,7,11,13-14,16-17,19-20,22-24,26-27,49-50,55H,3-4,6,8-10,12,15,18,21,25,28-48H2,1-2H3,(H,54,56)(H,58,59)(H,60,61)/b7-5-,13-11-,16-14-,19-17-,22-20-,24-23-,27-26-. The van der Waals surface area contributed by atoms with Crippen LogP contribution in [-0.2, 0) is 32.7 Å². The first-order valence-corrected chi connectivity index (χ1v) is 26.6. The minimum absolute atomic E-state index is 0.127. The number of rotatable bonds is 46. The summed E-state index contributed by atoms with van der Waals surface area (Å²) in [5.74, 6) is -2.40. The molecule has 0 saturated carbocycles. The fraction of sp³-hybridized carbons (Fsp3) is 0.679. The zero-order valence-electron chi connectivity index (χ0n) is 40.5. The maximum Gasteiger partial charge on any atom is 0.472 e. The molecule has 0 rings (SSSR count). The van der Waals surface area contributed by atoms with E-state index in [4.69, 9.17) is 13.8 Å². The molecule has 12 heteroatoms. The van der Waals surface area contributed by atoms with Gasteiger partial charge in [0.2, 0.25) is 5.91 Å². The van der Waals surface area contributed by atoms with Gasteiger partial charge >= 0.3 is 19.8 Å². The van der Waals surface area contributed by atoms with E-state index in [-0.39, 0.29) is 12.8 Å². The minimum atomic E-state index is -4.77. The number of phosphoric ester groups is 1. The Labute approximate surface area is 394 Å². The van der Waals surface area contributed by atoms with Gasteiger partial charge < -0.3 is 25.2 Å². The number of carbonyl (C=O) groups excluding carboxylic acids is 2. The first-order valence-electron chi connectivity index (χ1n) is 25.1. The summed E-state index contributed by atoms with van der Waals surface area (Å²) >= 11 is 0. The van der Waals surface area contributed by atoms with Crippen molar-refractivity contribution in [1.29, 1.82) is 0 Å². The Morgan fingerprint density at radius 2 is 0.892 bits per heavy atom. The number of carboxylic acid groups (broad SMARTS) is 1. The van der Waals surface area contributed by atoms with Crippen molar-refractivity contribution in [2.75, 3.05) is 19.8 Å². The van der Waals surface area contributed by atoms with Crippen molar-refractivity contribution in [2.24, 2.45) is 0 Å². The highest BCUT2D eigenvalue weighted by Gasteiger charge is 2.28. The molecule has 0 saturated heterocycles. The Morgan fingerprint density at radius 1 is 0.508 bits per heavy atom. The van der Waals surface area contributed by atoms with Crippen LogP contribution in [0.2, 0.25) is 0 Å². The molecule has 4 N–H and O–H groups in total. The number of unbranched alkanes of at least 4 members (excludes halogenated alkanes) is 18. The van der Waals surface area contributed by atoms with Gasteiger partial charge in [-0.25, -0.2) is 9.36 Å². The Hall–Kier alpha value is -3.34. The summed E-state index contributed by atoms with van der Waals surface area (Å²) in [5, 5.41) is 21.9. The van der Waals surface area contributed by atoms with Crippen LogP contribution in [-0.4, -0.2) is 64.9 Å². The van der Waals surface area contributed by atoms with E-state index < -0.39 is 57.6 Å². The van der Waals surface area contributed by atoms with Crippen molar-refractivity contribution in [1.82, 2.24) is 5.32 Å². The van der Waals surface area contributed by atoms with Crippen molar-refractivity contribution in [3.8, 4) is 0 Å². The number of allylic oxidation sites excluding steroid dienone is 14. The molecule has 65 heavy (non-hydrogen) atoms. The Bertz CT molecular complexity index is 1420. The van der Waals surface area contributed by atoms with E-state index in [1.54, 1.807) is 0 Å². The molecule has 0 aromatic heterocycles. The molecule has 0 radical (unpaired) electrons. The van der Waals surface area contributed by atoms with E-state index in [0.29, 0.717) is 12.8 Å². The molecule has 0 aliphatic heterocycles. The monoisotopic (exact) mass is 932 g/mol. The SMILES string of the molecule is CC/C=C\C/C=C\C/C=C\C/C=C\C/C=C\CCCCCCCCCC(=O)NC(COP(=O)(O)OCC(O)COC(=O)CCCCCCCCC/C=C\C/C=C\CCCCCC)C(=O)O. The number of hydrogen-bond acceptors (Lipinski definition) is 8. The number of carbonyl (C=O) groups is 3. The summed E-state index contributed by atoms with van der Waals surface area (Å²) < 4.78 is 26.9. The van der Waals surface area contributed by atoms with Crippen LogP contribution < -0.4 is 5.32 Å². The first kappa shape index (κ1) is 61.7. The third kappa shape index (κ3) is 47.0. The second-order valence-corrected chi connectivity index (χ2v) is 18.1. The lowest BCUT2D eigenvalue weighted by Crippen LogP contribution is -2.43. The van der Waals surface area contributed by atoms with Crippen LogP contribution in [0.5, 0.6) is 0 Å². The molecule has 372 valence electrons. The number of aliphatic carboxylic acids is 1. The average molecular weight is 932 g/mol. The molecule has 0 aromatic rings. The number of nitrogens with one attached hydrogen (secondary N) is 1. The van der Waals surface area contributed by atoms with Crippen LogP contribution in [0.3, 0.4) is 0 Å². The average Bonchev–Trinajstić information content (AvgIpc) is 3.28. The fourth-order valence-electron chi connectivity index (χ4n) is 6.55. The predicted octanol–water partition coefficient (Wildman–Crippen LogP) is 13.8. The fourth-order valence-corrected chi connectivity index (χ4v) is 7.32. The van der Waals surface area contributed by atoms with Crippen LogP contribution in [0.1, 0.15) is 200 Å². The lowest BCUT2D eigenvalue weighted by Gasteiger charge is -2.18. The number of aliphatic hydroxyl groups is 1. The smallest absolute Gasteiger partial charge is 0.472 e. The quantitative estimate of drug-likeness (QED) is 0.0199. The number of aliphatic hydroxyl groups excluding tert-OH is 1. The number of amides is 1. The van der Waals surface area contributed by atoms with Crippen molar-refractivity contribution in [2.45, 2.75) is 212 Å². The predicted molar refractivity (Wildman–Crippen MR) is 267 cm³/mol. The summed E-state index contributed by atoms with van der Waals surface area (Å²) in [6, 6.07) is -1.56. The molecule has 0 spiro atoms. The normalized spacial score (nSPS) is 14.3. The van der Waals surface area contributed by atoms with E-state index in [1.165, 1.54) is 51.4 Å². The van der Waals surface area contributed by atoms with Gasteiger partial charge in [0, 0.05) is 12.8 Å². The summed E-state index contributed by atoms with van der Waals surface area (Å²) in [5.41, 5.74) is 0. The number of hydrogen-bond donors (Lipinski definition) is 4. The van der Waals surface area contributed by atoms with Gasteiger partial charge in [0.1, 0.15) is 12.7 Å². The number of ether oxygens (including phenoxy) is 1.